The summed E-state index contributed by atoms with van der Waals surface area (Å²) < 4.78 is 13.5. The van der Waals surface area contributed by atoms with Gasteiger partial charge >= 0.3 is 0 Å². The van der Waals surface area contributed by atoms with Crippen LogP contribution in [0.4, 0.5) is 21.5 Å². The average Bonchev–Trinajstić information content (AvgIpc) is 3.02. The smallest absolute Gasteiger partial charge is 0.123 e. The number of halogens is 1. The Morgan fingerprint density at radius 2 is 0.829 bits per heavy atom. The van der Waals surface area contributed by atoms with Crippen LogP contribution in [0.1, 0.15) is 25.0 Å². The van der Waals surface area contributed by atoms with Gasteiger partial charge in [-0.2, -0.15) is 0 Å². The van der Waals surface area contributed by atoms with Gasteiger partial charge in [0, 0.05) is 11.1 Å². The van der Waals surface area contributed by atoms with E-state index in [1.54, 1.807) is 0 Å². The van der Waals surface area contributed by atoms with E-state index >= 15 is 0 Å². The molecule has 0 saturated carbocycles. The molecule has 6 aromatic carbocycles. The van der Waals surface area contributed by atoms with Crippen LogP contribution < -0.4 is 4.90 Å². The van der Waals surface area contributed by atoms with E-state index in [1.807, 2.05) is 12.1 Å². The van der Waals surface area contributed by atoms with Gasteiger partial charge in [-0.3, -0.25) is 0 Å². The predicted octanol–water partition coefficient (Wildman–Crippen LogP) is 10.9. The molecule has 1 aliphatic rings. The summed E-state index contributed by atoms with van der Waals surface area (Å²) in [6.45, 7) is 4.67. The number of anilines is 3. The molecule has 0 radical (unpaired) electrons. The highest BCUT2D eigenvalue weighted by molar-refractivity contribution is 5.89. The van der Waals surface area contributed by atoms with Crippen LogP contribution in [0.25, 0.3) is 33.4 Å². The van der Waals surface area contributed by atoms with Gasteiger partial charge in [0.25, 0.3) is 0 Å². The van der Waals surface area contributed by atoms with E-state index in [9.17, 15) is 4.39 Å². The van der Waals surface area contributed by atoms with Crippen LogP contribution in [0.2, 0.25) is 0 Å². The second-order valence-electron chi connectivity index (χ2n) is 11.2. The molecular weight excluding hydrogens is 501 g/mol. The Morgan fingerprint density at radius 1 is 0.439 bits per heavy atom. The molecule has 0 fully saturated rings. The monoisotopic (exact) mass is 531 g/mol. The molecule has 1 heterocycles. The third-order valence-electron chi connectivity index (χ3n) is 8.34. The fourth-order valence-electron chi connectivity index (χ4n) is 6.08. The predicted molar refractivity (Wildman–Crippen MR) is 170 cm³/mol. The molecule has 0 aliphatic carbocycles. The zero-order valence-corrected chi connectivity index (χ0v) is 23.2. The largest absolute Gasteiger partial charge is 0.310 e. The summed E-state index contributed by atoms with van der Waals surface area (Å²) in [5.41, 5.74) is 12.7. The molecule has 0 saturated heterocycles. The Morgan fingerprint density at radius 3 is 1.29 bits per heavy atom. The zero-order chi connectivity index (χ0) is 28.0. The first kappa shape index (κ1) is 25.0. The molecule has 6 aromatic rings. The zero-order valence-electron chi connectivity index (χ0n) is 23.2. The summed E-state index contributed by atoms with van der Waals surface area (Å²) in [5, 5.41) is 0. The van der Waals surface area contributed by atoms with E-state index in [-0.39, 0.29) is 11.2 Å². The standard InChI is InChI=1S/C39H30FN/c1-39(2)35-25-31(27-9-5-3-6-10-27)17-23-37(35)41(34-21-15-30(16-22-34)29-13-19-33(40)20-14-29)38-24-18-32(26-36(38)39)28-11-7-4-8-12-28/h3-26H,1-2H3. The molecule has 0 amide bonds. The van der Waals surface area contributed by atoms with Gasteiger partial charge in [-0.05, 0) is 93.0 Å². The molecular formula is C39H30FN. The number of fused-ring (bicyclic) bond motifs is 2. The van der Waals surface area contributed by atoms with Gasteiger partial charge in [-0.1, -0.05) is 111 Å². The van der Waals surface area contributed by atoms with Crippen molar-refractivity contribution in [3.8, 4) is 33.4 Å². The first-order valence-electron chi connectivity index (χ1n) is 14.0. The topological polar surface area (TPSA) is 3.24 Å². The third-order valence-corrected chi connectivity index (χ3v) is 8.34. The lowest BCUT2D eigenvalue weighted by Gasteiger charge is -2.42. The van der Waals surface area contributed by atoms with E-state index in [4.69, 9.17) is 0 Å². The first-order chi connectivity index (χ1) is 20.0. The summed E-state index contributed by atoms with van der Waals surface area (Å²) in [6, 6.07) is 50.2. The molecule has 0 aromatic heterocycles. The maximum atomic E-state index is 13.5. The normalized spacial score (nSPS) is 13.4. The SMILES string of the molecule is CC1(C)c2cc(-c3ccccc3)ccc2N(c2ccc(-c3ccc(F)cc3)cc2)c2ccc(-c3ccccc3)cc21. The van der Waals surface area contributed by atoms with Crippen LogP contribution in [0.15, 0.2) is 146 Å². The Balaban J connectivity index is 1.40. The summed E-state index contributed by atoms with van der Waals surface area (Å²) >= 11 is 0. The van der Waals surface area contributed by atoms with E-state index in [0.717, 1.165) is 16.8 Å². The summed E-state index contributed by atoms with van der Waals surface area (Å²) in [6.07, 6.45) is 0. The second kappa shape index (κ2) is 9.91. The molecule has 2 heteroatoms. The van der Waals surface area contributed by atoms with Gasteiger partial charge in [0.2, 0.25) is 0 Å². The van der Waals surface area contributed by atoms with Crippen LogP contribution in [0, 0.1) is 5.82 Å². The molecule has 0 spiro atoms. The number of nitrogens with zero attached hydrogens (tertiary/aromatic N) is 1. The minimum Gasteiger partial charge on any atom is -0.310 e. The van der Waals surface area contributed by atoms with Crippen molar-refractivity contribution >= 4 is 17.1 Å². The van der Waals surface area contributed by atoms with Crippen molar-refractivity contribution in [2.45, 2.75) is 19.3 Å². The summed E-state index contributed by atoms with van der Waals surface area (Å²) in [4.78, 5) is 2.38. The lowest BCUT2D eigenvalue weighted by molar-refractivity contribution is 0.628. The molecule has 0 N–H and O–H groups in total. The molecule has 0 unspecified atom stereocenters. The Hall–Kier alpha value is -4.95. The second-order valence-corrected chi connectivity index (χ2v) is 11.2. The van der Waals surface area contributed by atoms with Crippen LogP contribution in [0.5, 0.6) is 0 Å². The van der Waals surface area contributed by atoms with Crippen molar-refractivity contribution in [2.24, 2.45) is 0 Å². The van der Waals surface area contributed by atoms with Gasteiger partial charge < -0.3 is 4.90 Å². The van der Waals surface area contributed by atoms with Crippen LogP contribution in [-0.2, 0) is 5.41 Å². The van der Waals surface area contributed by atoms with Gasteiger partial charge in [0.15, 0.2) is 0 Å². The van der Waals surface area contributed by atoms with Gasteiger partial charge in [-0.25, -0.2) is 4.39 Å². The van der Waals surface area contributed by atoms with Gasteiger partial charge in [0.05, 0.1) is 11.4 Å². The van der Waals surface area contributed by atoms with Crippen LogP contribution in [-0.4, -0.2) is 0 Å². The fourth-order valence-corrected chi connectivity index (χ4v) is 6.08. The van der Waals surface area contributed by atoms with E-state index < -0.39 is 0 Å². The van der Waals surface area contributed by atoms with Crippen molar-refractivity contribution < 1.29 is 4.39 Å². The van der Waals surface area contributed by atoms with Gasteiger partial charge in [-0.15, -0.1) is 0 Å². The lowest BCUT2D eigenvalue weighted by Crippen LogP contribution is -2.30. The Kier molecular flexibility index (Phi) is 6.05. The van der Waals surface area contributed by atoms with E-state index in [2.05, 4.69) is 140 Å². The fraction of sp³-hybridized carbons (Fsp3) is 0.0769. The molecule has 41 heavy (non-hydrogen) atoms. The van der Waals surface area contributed by atoms with Crippen molar-refractivity contribution in [2.75, 3.05) is 4.90 Å². The maximum absolute atomic E-state index is 13.5. The number of rotatable bonds is 4. The van der Waals surface area contributed by atoms with E-state index in [0.29, 0.717) is 0 Å². The molecule has 0 bridgehead atoms. The highest BCUT2D eigenvalue weighted by Crippen LogP contribution is 2.53. The van der Waals surface area contributed by atoms with Crippen LogP contribution in [0.3, 0.4) is 0 Å². The van der Waals surface area contributed by atoms with Crippen molar-refractivity contribution in [1.29, 1.82) is 0 Å². The van der Waals surface area contributed by atoms with Gasteiger partial charge in [0.1, 0.15) is 5.82 Å². The summed E-state index contributed by atoms with van der Waals surface area (Å²) in [5.74, 6) is -0.223. The van der Waals surface area contributed by atoms with Crippen LogP contribution >= 0.6 is 0 Å². The molecule has 1 nitrogen and oxygen atoms in total. The maximum Gasteiger partial charge on any atom is 0.123 e. The molecule has 0 atom stereocenters. The Bertz CT molecular complexity index is 1740. The highest BCUT2D eigenvalue weighted by atomic mass is 19.1. The quantitative estimate of drug-likeness (QED) is 0.219. The molecule has 7 rings (SSSR count). The summed E-state index contributed by atoms with van der Waals surface area (Å²) in [7, 11) is 0. The minimum atomic E-state index is -0.223. The number of benzene rings is 6. The van der Waals surface area contributed by atoms with E-state index in [1.165, 1.54) is 56.9 Å². The lowest BCUT2D eigenvalue weighted by atomic mass is 9.72. The third kappa shape index (κ3) is 4.42. The molecule has 1 aliphatic heterocycles. The Labute approximate surface area is 241 Å². The highest BCUT2D eigenvalue weighted by Gasteiger charge is 2.37. The minimum absolute atomic E-state index is 0.217. The van der Waals surface area contributed by atoms with Crippen molar-refractivity contribution in [3.63, 3.8) is 0 Å². The number of hydrogen-bond donors (Lipinski definition) is 0. The first-order valence-corrected chi connectivity index (χ1v) is 14.0. The van der Waals surface area contributed by atoms with Crippen molar-refractivity contribution in [1.82, 2.24) is 0 Å². The average molecular weight is 532 g/mol. The molecule has 198 valence electrons. The number of hydrogen-bond acceptors (Lipinski definition) is 1. The van der Waals surface area contributed by atoms with Crippen molar-refractivity contribution in [3.05, 3.63) is 163 Å².